The zero-order valence-electron chi connectivity index (χ0n) is 37.6. The predicted octanol–water partition coefficient (Wildman–Crippen LogP) is 13.4. The molecule has 5 fully saturated rings. The Balaban J connectivity index is 1.33. The average Bonchev–Trinajstić information content (AvgIpc) is 4.06. The summed E-state index contributed by atoms with van der Waals surface area (Å²) in [4.78, 5) is 0. The minimum Gasteiger partial charge on any atom is -0.496 e. The number of ether oxygens (including phenoxy) is 2. The van der Waals surface area contributed by atoms with Crippen LogP contribution in [0.1, 0.15) is 92.2 Å². The Labute approximate surface area is 383 Å². The molecular formula is C53H53F9O2P2. The molecule has 10 rings (SSSR count). The fourth-order valence-corrected chi connectivity index (χ4v) is 19.0. The van der Waals surface area contributed by atoms with Gasteiger partial charge >= 0.3 is 18.5 Å². The molecule has 0 saturated heterocycles. The van der Waals surface area contributed by atoms with Crippen LogP contribution in [0.4, 0.5) is 39.5 Å². The van der Waals surface area contributed by atoms with Crippen molar-refractivity contribution in [1.29, 1.82) is 0 Å². The smallest absolute Gasteiger partial charge is 0.416 e. The minimum absolute atomic E-state index is 0.0112. The fourth-order valence-electron chi connectivity index (χ4n) is 13.0. The normalized spacial score (nSPS) is 26.9. The molecule has 350 valence electrons. The van der Waals surface area contributed by atoms with E-state index in [9.17, 15) is 39.5 Å². The lowest BCUT2D eigenvalue weighted by atomic mass is 9.55. The lowest BCUT2D eigenvalue weighted by Gasteiger charge is -2.50. The Morgan fingerprint density at radius 3 is 1.68 bits per heavy atom. The van der Waals surface area contributed by atoms with Gasteiger partial charge in [-0.15, -0.1) is 0 Å². The van der Waals surface area contributed by atoms with Crippen molar-refractivity contribution in [2.45, 2.75) is 95.3 Å². The molecule has 5 aliphatic carbocycles. The van der Waals surface area contributed by atoms with Crippen molar-refractivity contribution >= 4 is 42.4 Å². The molecule has 0 heterocycles. The van der Waals surface area contributed by atoms with Crippen LogP contribution in [0, 0.1) is 42.4 Å². The van der Waals surface area contributed by atoms with E-state index >= 15 is 0 Å². The van der Waals surface area contributed by atoms with Gasteiger partial charge in [0.05, 0.1) is 30.9 Å². The molecule has 13 heteroatoms. The van der Waals surface area contributed by atoms with Crippen LogP contribution in [0.3, 0.4) is 0 Å². The van der Waals surface area contributed by atoms with Gasteiger partial charge in [-0.25, -0.2) is 0 Å². The number of hydrogen-bond acceptors (Lipinski definition) is 2. The van der Waals surface area contributed by atoms with Crippen LogP contribution < -0.4 is 36.0 Å². The Kier molecular flexibility index (Phi) is 12.2. The molecule has 0 spiro atoms. The highest BCUT2D eigenvalue weighted by atomic mass is 31.1. The molecule has 5 unspecified atom stereocenters. The van der Waals surface area contributed by atoms with Crippen molar-refractivity contribution in [2.24, 2.45) is 35.5 Å². The average molecular weight is 955 g/mol. The van der Waals surface area contributed by atoms with Gasteiger partial charge in [-0.3, -0.25) is 0 Å². The van der Waals surface area contributed by atoms with Gasteiger partial charge in [-0.1, -0.05) is 81.4 Å². The summed E-state index contributed by atoms with van der Waals surface area (Å²) >= 11 is 0. The van der Waals surface area contributed by atoms with Crippen LogP contribution >= 0.6 is 15.8 Å². The summed E-state index contributed by atoms with van der Waals surface area (Å²) in [6.45, 7) is 7.87. The summed E-state index contributed by atoms with van der Waals surface area (Å²) in [5.41, 5.74) is -2.07. The molecule has 5 saturated carbocycles. The van der Waals surface area contributed by atoms with E-state index in [-0.39, 0.29) is 57.2 Å². The first-order valence-electron chi connectivity index (χ1n) is 22.6. The SMILES string of the molecule is COc1ccccc1P(c1ccccc1OC)c1cccc([C@@]23CC[C@@H](C2)C3C)c1C1C([C@@H](C)P(c2cc(C)cc(C(F)(F)F)c2)c2cc(C(F)(F)F)cc(C(F)(F)F)c2)[C@@H]2C[C@H]1CC2C. The highest BCUT2D eigenvalue weighted by Crippen LogP contribution is 2.69. The molecule has 5 aromatic carbocycles. The van der Waals surface area contributed by atoms with Gasteiger partial charge in [-0.05, 0) is 182 Å². The molecule has 4 bridgehead atoms. The maximum atomic E-state index is 14.7. The Morgan fingerprint density at radius 1 is 0.636 bits per heavy atom. The molecule has 0 amide bonds. The van der Waals surface area contributed by atoms with Crippen molar-refractivity contribution < 1.29 is 49.0 Å². The number of rotatable bonds is 11. The topological polar surface area (TPSA) is 18.5 Å². The number of benzene rings is 5. The summed E-state index contributed by atoms with van der Waals surface area (Å²) in [6, 6.07) is 27.5. The third-order valence-electron chi connectivity index (χ3n) is 15.9. The van der Waals surface area contributed by atoms with Crippen LogP contribution in [0.2, 0.25) is 0 Å². The highest BCUT2D eigenvalue weighted by Gasteiger charge is 2.61. The molecule has 5 aromatic rings. The zero-order chi connectivity index (χ0) is 47.2. The summed E-state index contributed by atoms with van der Waals surface area (Å²) in [6.07, 6.45) is -10.3. The maximum Gasteiger partial charge on any atom is 0.416 e. The van der Waals surface area contributed by atoms with Gasteiger partial charge in [0.25, 0.3) is 0 Å². The van der Waals surface area contributed by atoms with E-state index in [1.807, 2.05) is 43.3 Å². The van der Waals surface area contributed by atoms with Gasteiger partial charge in [0, 0.05) is 10.6 Å². The van der Waals surface area contributed by atoms with Crippen molar-refractivity contribution in [2.75, 3.05) is 14.2 Å². The number of halogens is 9. The number of methoxy groups -OCH3 is 2. The molecular weight excluding hydrogens is 902 g/mol. The highest BCUT2D eigenvalue weighted by molar-refractivity contribution is 7.80. The van der Waals surface area contributed by atoms with E-state index in [0.717, 1.165) is 72.3 Å². The second-order valence-electron chi connectivity index (χ2n) is 19.3. The van der Waals surface area contributed by atoms with Gasteiger partial charge in [0.1, 0.15) is 11.5 Å². The standard InChI is InChI=1S/C53H53F9O2P2/c1-29-20-35(51(54,55)56)25-38(21-29)65(39-26-36(52(57,58)59)24-37(27-39)53(60,61)62)32(4)47-40-23-34(22-30(40)2)48(47)49-41(50-19-18-33(28-50)31(50)3)12-11-17-46(49)66(44-15-9-7-13-42(44)63-5)45-16-10-8-14-43(45)64-6/h7-17,20-21,24-27,30-34,40,47-48H,18-19,22-23,28H2,1-6H3/t30?,31?,32-,33+,34-,40-,47?,48?,50+,65?/m1/s1. The van der Waals surface area contributed by atoms with Gasteiger partial charge in [0.15, 0.2) is 0 Å². The fraction of sp³-hybridized carbons (Fsp3) is 0.434. The van der Waals surface area contributed by atoms with Crippen molar-refractivity contribution in [3.8, 4) is 11.5 Å². The second-order valence-corrected chi connectivity index (χ2v) is 24.0. The van der Waals surface area contributed by atoms with Crippen molar-refractivity contribution in [1.82, 2.24) is 0 Å². The van der Waals surface area contributed by atoms with E-state index in [1.165, 1.54) is 24.1 Å². The summed E-state index contributed by atoms with van der Waals surface area (Å²) in [7, 11) is -0.409. The summed E-state index contributed by atoms with van der Waals surface area (Å²) in [5.74, 6) is 2.14. The Hall–Kier alpha value is -4.07. The molecule has 0 aromatic heterocycles. The zero-order valence-corrected chi connectivity index (χ0v) is 39.4. The monoisotopic (exact) mass is 954 g/mol. The number of fused-ring (bicyclic) bond motifs is 3. The molecule has 0 N–H and O–H groups in total. The van der Waals surface area contributed by atoms with E-state index in [1.54, 1.807) is 14.2 Å². The van der Waals surface area contributed by atoms with Gasteiger partial charge in [0.2, 0.25) is 0 Å². The van der Waals surface area contributed by atoms with Crippen molar-refractivity contribution in [3.05, 3.63) is 137 Å². The van der Waals surface area contributed by atoms with Gasteiger partial charge < -0.3 is 9.47 Å². The van der Waals surface area contributed by atoms with E-state index in [0.29, 0.717) is 23.3 Å². The van der Waals surface area contributed by atoms with E-state index in [2.05, 4.69) is 44.2 Å². The largest absolute Gasteiger partial charge is 0.496 e. The number of aryl methyl sites for hydroxylation is 1. The summed E-state index contributed by atoms with van der Waals surface area (Å²) < 4.78 is 144. The third kappa shape index (κ3) is 8.04. The van der Waals surface area contributed by atoms with Crippen molar-refractivity contribution in [3.63, 3.8) is 0 Å². The number of alkyl halides is 9. The van der Waals surface area contributed by atoms with E-state index < -0.39 is 56.7 Å². The maximum absolute atomic E-state index is 14.7. The summed E-state index contributed by atoms with van der Waals surface area (Å²) in [5, 5.41) is 2.89. The number of hydrogen-bond donors (Lipinski definition) is 0. The Morgan fingerprint density at radius 2 is 1.17 bits per heavy atom. The quantitative estimate of drug-likeness (QED) is 0.0970. The molecule has 0 aliphatic heterocycles. The minimum atomic E-state index is -5.15. The predicted molar refractivity (Wildman–Crippen MR) is 246 cm³/mol. The first-order chi connectivity index (χ1) is 31.2. The van der Waals surface area contributed by atoms with Crippen LogP contribution in [0.5, 0.6) is 11.5 Å². The first-order valence-corrected chi connectivity index (χ1v) is 25.4. The van der Waals surface area contributed by atoms with Crippen LogP contribution in [0.25, 0.3) is 0 Å². The van der Waals surface area contributed by atoms with Crippen LogP contribution in [-0.4, -0.2) is 19.9 Å². The number of para-hydroxylation sites is 2. The van der Waals surface area contributed by atoms with E-state index in [4.69, 9.17) is 9.47 Å². The molecule has 2 nitrogen and oxygen atoms in total. The molecule has 5 aliphatic rings. The molecule has 66 heavy (non-hydrogen) atoms. The lowest BCUT2D eigenvalue weighted by molar-refractivity contribution is -0.143. The Bertz CT molecular complexity index is 2540. The molecule has 0 radical (unpaired) electrons. The van der Waals surface area contributed by atoms with Crippen LogP contribution in [-0.2, 0) is 23.9 Å². The van der Waals surface area contributed by atoms with Gasteiger partial charge in [-0.2, -0.15) is 39.5 Å². The molecule has 10 atom stereocenters. The lowest BCUT2D eigenvalue weighted by Crippen LogP contribution is -2.45. The second kappa shape index (κ2) is 17.2. The van der Waals surface area contributed by atoms with Crippen LogP contribution in [0.15, 0.2) is 103 Å². The third-order valence-corrected chi connectivity index (χ3v) is 21.3. The first kappa shape index (κ1) is 47.0.